The van der Waals surface area contributed by atoms with Gasteiger partial charge >= 0.3 is 12.0 Å². The Bertz CT molecular complexity index is 1360. The van der Waals surface area contributed by atoms with Crippen LogP contribution in [-0.2, 0) is 26.5 Å². The van der Waals surface area contributed by atoms with E-state index in [0.717, 1.165) is 25.3 Å². The first kappa shape index (κ1) is 22.1. The molecule has 3 heterocycles. The maximum Gasteiger partial charge on any atom is 0.328 e. The molecule has 11 heteroatoms. The van der Waals surface area contributed by atoms with Crippen LogP contribution in [0.3, 0.4) is 0 Å². The predicted octanol–water partition coefficient (Wildman–Crippen LogP) is 3.18. The maximum atomic E-state index is 13.7. The van der Waals surface area contributed by atoms with Crippen molar-refractivity contribution in [1.82, 2.24) is 14.8 Å². The quantitative estimate of drug-likeness (QED) is 0.429. The second-order valence-corrected chi connectivity index (χ2v) is 9.19. The molecular weight excluding hydrogens is 480 g/mol. The fourth-order valence-corrected chi connectivity index (χ4v) is 5.41. The number of halogens is 1. The van der Waals surface area contributed by atoms with Crippen molar-refractivity contribution in [3.63, 3.8) is 0 Å². The van der Waals surface area contributed by atoms with Crippen LogP contribution in [0, 0.1) is 0 Å². The third-order valence-electron chi connectivity index (χ3n) is 5.96. The molecule has 172 valence electrons. The number of thiazole rings is 1. The number of aromatic nitrogens is 1. The number of rotatable bonds is 5. The van der Waals surface area contributed by atoms with E-state index in [1.165, 1.54) is 36.6 Å². The number of aliphatic carboxylic acids is 1. The zero-order valence-electron chi connectivity index (χ0n) is 17.8. The van der Waals surface area contributed by atoms with Crippen LogP contribution in [0.25, 0.3) is 10.6 Å². The van der Waals surface area contributed by atoms with E-state index in [9.17, 15) is 24.3 Å². The minimum Gasteiger partial charge on any atom is -0.480 e. The van der Waals surface area contributed by atoms with E-state index >= 15 is 0 Å². The zero-order chi connectivity index (χ0) is 24.2. The van der Waals surface area contributed by atoms with Crippen molar-refractivity contribution in [1.29, 1.82) is 0 Å². The predicted molar refractivity (Wildman–Crippen MR) is 124 cm³/mol. The van der Waals surface area contributed by atoms with Gasteiger partial charge in [-0.1, -0.05) is 41.9 Å². The van der Waals surface area contributed by atoms with E-state index < -0.39 is 35.9 Å². The summed E-state index contributed by atoms with van der Waals surface area (Å²) in [4.78, 5) is 59.5. The Hall–Kier alpha value is -3.76. The number of urea groups is 1. The topological polar surface area (TPSA) is 111 Å². The number of amides is 4. The van der Waals surface area contributed by atoms with Crippen molar-refractivity contribution in [3.8, 4) is 10.6 Å². The van der Waals surface area contributed by atoms with Crippen LogP contribution >= 0.6 is 22.9 Å². The Morgan fingerprint density at radius 2 is 1.79 bits per heavy atom. The largest absolute Gasteiger partial charge is 0.480 e. The summed E-state index contributed by atoms with van der Waals surface area (Å²) in [5, 5.41) is 12.1. The van der Waals surface area contributed by atoms with Gasteiger partial charge in [-0.3, -0.25) is 24.2 Å². The van der Waals surface area contributed by atoms with Gasteiger partial charge in [0.1, 0.15) is 11.6 Å². The average molecular weight is 497 g/mol. The molecule has 4 amide bonds. The number of carboxylic acid groups (broad SMARTS) is 1. The Morgan fingerprint density at radius 1 is 1.09 bits per heavy atom. The first-order valence-corrected chi connectivity index (χ1v) is 11.4. The van der Waals surface area contributed by atoms with Crippen LogP contribution in [0.5, 0.6) is 0 Å². The number of benzene rings is 2. The molecule has 0 aliphatic carbocycles. The van der Waals surface area contributed by atoms with Gasteiger partial charge in [0.05, 0.1) is 17.9 Å². The monoisotopic (exact) mass is 496 g/mol. The van der Waals surface area contributed by atoms with E-state index in [1.54, 1.807) is 5.38 Å². The lowest BCUT2D eigenvalue weighted by molar-refractivity contribution is -0.143. The first-order chi connectivity index (χ1) is 16.2. The molecule has 2 aliphatic rings. The summed E-state index contributed by atoms with van der Waals surface area (Å²) >= 11 is 7.54. The summed E-state index contributed by atoms with van der Waals surface area (Å²) in [5.74, 6) is -2.83. The molecule has 1 atom stereocenters. The van der Waals surface area contributed by atoms with E-state index in [-0.39, 0.29) is 22.8 Å². The molecule has 34 heavy (non-hydrogen) atoms. The molecule has 1 aromatic heterocycles. The lowest BCUT2D eigenvalue weighted by Gasteiger charge is -2.27. The molecular formula is C23H17ClN4O5S. The number of carboxylic acids is 1. The molecule has 0 unspecified atom stereocenters. The fourth-order valence-electron chi connectivity index (χ4n) is 4.42. The molecule has 1 N–H and O–H groups in total. The van der Waals surface area contributed by atoms with Gasteiger partial charge < -0.3 is 10.0 Å². The minimum atomic E-state index is -2.02. The number of fused-ring (bicyclic) bond motifs is 2. The summed E-state index contributed by atoms with van der Waals surface area (Å²) < 4.78 is 0. The van der Waals surface area contributed by atoms with Crippen LogP contribution in [0.1, 0.15) is 11.3 Å². The molecule has 2 aromatic carbocycles. The van der Waals surface area contributed by atoms with Gasteiger partial charge in [0, 0.05) is 28.6 Å². The SMILES string of the molecule is CN1C(=O)N(Cc2csc(-c3ccccc3)n2)C(=O)[C@]12C(=O)N(CC(=O)O)c1ccc(Cl)cc12. The number of imide groups is 1. The number of likely N-dealkylation sites (N-methyl/N-ethyl adjacent to an activating group) is 1. The number of carbonyl (C=O) groups is 4. The van der Waals surface area contributed by atoms with Crippen molar-refractivity contribution < 1.29 is 24.3 Å². The van der Waals surface area contributed by atoms with E-state index in [1.807, 2.05) is 30.3 Å². The van der Waals surface area contributed by atoms with Crippen LogP contribution < -0.4 is 4.90 Å². The summed E-state index contributed by atoms with van der Waals surface area (Å²) in [6, 6.07) is 13.2. The van der Waals surface area contributed by atoms with E-state index in [2.05, 4.69) is 4.98 Å². The summed E-state index contributed by atoms with van der Waals surface area (Å²) in [7, 11) is 1.35. The van der Waals surface area contributed by atoms with Crippen LogP contribution in [0.15, 0.2) is 53.9 Å². The van der Waals surface area contributed by atoms with E-state index in [0.29, 0.717) is 5.69 Å². The highest BCUT2D eigenvalue weighted by atomic mass is 35.5. The third-order valence-corrected chi connectivity index (χ3v) is 7.13. The fraction of sp³-hybridized carbons (Fsp3) is 0.174. The molecule has 2 aliphatic heterocycles. The van der Waals surface area contributed by atoms with Crippen molar-refractivity contribution in [3.05, 3.63) is 70.2 Å². The maximum absolute atomic E-state index is 13.7. The molecule has 1 spiro atoms. The minimum absolute atomic E-state index is 0.130. The van der Waals surface area contributed by atoms with Gasteiger partial charge in [-0.05, 0) is 18.2 Å². The Balaban J connectivity index is 1.53. The van der Waals surface area contributed by atoms with Crippen molar-refractivity contribution in [2.24, 2.45) is 0 Å². The van der Waals surface area contributed by atoms with Gasteiger partial charge in [0.2, 0.25) is 5.54 Å². The highest BCUT2D eigenvalue weighted by molar-refractivity contribution is 7.13. The summed E-state index contributed by atoms with van der Waals surface area (Å²) in [5.41, 5.74) is -0.213. The molecule has 0 radical (unpaired) electrons. The van der Waals surface area contributed by atoms with Gasteiger partial charge in [-0.2, -0.15) is 0 Å². The standard InChI is InChI=1S/C23H17ClN4O5S/c1-26-22(33)28(10-15-12-34-19(25-15)13-5-3-2-4-6-13)21(32)23(26)16-9-14(24)7-8-17(16)27(20(23)31)11-18(29)30/h2-9,12H,10-11H2,1H3,(H,29,30)/t23-/m0/s1. The Kier molecular flexibility index (Phi) is 5.14. The van der Waals surface area contributed by atoms with Crippen molar-refractivity contribution >= 4 is 52.4 Å². The molecule has 3 aromatic rings. The zero-order valence-corrected chi connectivity index (χ0v) is 19.3. The summed E-state index contributed by atoms with van der Waals surface area (Å²) in [6.07, 6.45) is 0. The number of hydrogen-bond acceptors (Lipinski definition) is 6. The Morgan fingerprint density at radius 3 is 2.50 bits per heavy atom. The second-order valence-electron chi connectivity index (χ2n) is 7.90. The third kappa shape index (κ3) is 3.10. The lowest BCUT2D eigenvalue weighted by Crippen LogP contribution is -2.53. The highest BCUT2D eigenvalue weighted by Gasteiger charge is 2.67. The highest BCUT2D eigenvalue weighted by Crippen LogP contribution is 2.49. The van der Waals surface area contributed by atoms with Crippen LogP contribution in [0.4, 0.5) is 10.5 Å². The van der Waals surface area contributed by atoms with E-state index in [4.69, 9.17) is 11.6 Å². The van der Waals surface area contributed by atoms with Crippen molar-refractivity contribution in [2.45, 2.75) is 12.1 Å². The second kappa shape index (κ2) is 7.93. The molecule has 0 bridgehead atoms. The van der Waals surface area contributed by atoms with Crippen molar-refractivity contribution in [2.75, 3.05) is 18.5 Å². The van der Waals surface area contributed by atoms with Gasteiger partial charge in [-0.15, -0.1) is 11.3 Å². The van der Waals surface area contributed by atoms with Gasteiger partial charge in [0.15, 0.2) is 0 Å². The first-order valence-electron chi connectivity index (χ1n) is 10.2. The van der Waals surface area contributed by atoms with Crippen LogP contribution in [0.2, 0.25) is 5.02 Å². The number of carbonyl (C=O) groups excluding carboxylic acids is 3. The smallest absolute Gasteiger partial charge is 0.328 e. The number of hydrogen-bond donors (Lipinski definition) is 1. The summed E-state index contributed by atoms with van der Waals surface area (Å²) in [6.45, 7) is -0.785. The average Bonchev–Trinajstić information content (AvgIpc) is 3.43. The number of anilines is 1. The normalized spacial score (nSPS) is 19.5. The molecule has 1 fully saturated rings. The molecule has 0 saturated carbocycles. The number of nitrogens with zero attached hydrogens (tertiary/aromatic N) is 4. The molecule has 9 nitrogen and oxygen atoms in total. The Labute approximate surface area is 202 Å². The molecule has 1 saturated heterocycles. The van der Waals surface area contributed by atoms with Gasteiger partial charge in [0.25, 0.3) is 11.8 Å². The van der Waals surface area contributed by atoms with Crippen LogP contribution in [-0.4, -0.2) is 57.3 Å². The van der Waals surface area contributed by atoms with Gasteiger partial charge in [-0.25, -0.2) is 9.78 Å². The lowest BCUT2D eigenvalue weighted by atomic mass is 9.90. The molecule has 5 rings (SSSR count).